The Labute approximate surface area is 125 Å². The van der Waals surface area contributed by atoms with Crippen LogP contribution in [-0.4, -0.2) is 28.7 Å². The first-order valence-electron chi connectivity index (χ1n) is 7.17. The van der Waals surface area contributed by atoms with Crippen molar-refractivity contribution < 1.29 is 5.11 Å². The standard InChI is InChI=1S/C16H22N4O/c1-4-14-19-15(17-3)11(2)16(20-14)18-13(10-21)12-8-6-5-7-9-12/h5-9,13,21H,4,10H2,1-3H3,(H2,17,18,19,20). The van der Waals surface area contributed by atoms with E-state index in [1.807, 2.05) is 51.2 Å². The third kappa shape index (κ3) is 3.49. The van der Waals surface area contributed by atoms with Gasteiger partial charge in [0.25, 0.3) is 0 Å². The molecule has 112 valence electrons. The first kappa shape index (κ1) is 15.3. The second-order valence-corrected chi connectivity index (χ2v) is 4.86. The van der Waals surface area contributed by atoms with Gasteiger partial charge in [0.05, 0.1) is 12.6 Å². The third-order valence-corrected chi connectivity index (χ3v) is 3.44. The van der Waals surface area contributed by atoms with Gasteiger partial charge in [-0.1, -0.05) is 37.3 Å². The molecule has 2 rings (SSSR count). The van der Waals surface area contributed by atoms with Gasteiger partial charge in [-0.3, -0.25) is 0 Å². The number of benzene rings is 1. The molecule has 5 nitrogen and oxygen atoms in total. The lowest BCUT2D eigenvalue weighted by Crippen LogP contribution is -2.18. The average molecular weight is 286 g/mol. The number of nitrogens with one attached hydrogen (secondary N) is 2. The van der Waals surface area contributed by atoms with Gasteiger partial charge < -0.3 is 15.7 Å². The van der Waals surface area contributed by atoms with Crippen molar-refractivity contribution in [2.45, 2.75) is 26.3 Å². The highest BCUT2D eigenvalue weighted by Gasteiger charge is 2.15. The second kappa shape index (κ2) is 7.04. The van der Waals surface area contributed by atoms with Crippen molar-refractivity contribution in [3.63, 3.8) is 0 Å². The molecule has 1 aromatic heterocycles. The van der Waals surface area contributed by atoms with Gasteiger partial charge in [-0.05, 0) is 12.5 Å². The molecule has 0 saturated carbocycles. The topological polar surface area (TPSA) is 70.1 Å². The normalized spacial score (nSPS) is 12.0. The Morgan fingerprint density at radius 2 is 1.81 bits per heavy atom. The Morgan fingerprint density at radius 3 is 2.38 bits per heavy atom. The predicted molar refractivity (Wildman–Crippen MR) is 85.6 cm³/mol. The van der Waals surface area contributed by atoms with Crippen LogP contribution >= 0.6 is 0 Å². The molecular formula is C16H22N4O. The van der Waals surface area contributed by atoms with E-state index in [2.05, 4.69) is 20.6 Å². The molecule has 1 heterocycles. The molecule has 1 aromatic carbocycles. The van der Waals surface area contributed by atoms with Gasteiger partial charge in [0.2, 0.25) is 0 Å². The zero-order valence-corrected chi connectivity index (χ0v) is 12.7. The fourth-order valence-electron chi connectivity index (χ4n) is 2.19. The van der Waals surface area contributed by atoms with Gasteiger partial charge in [-0.2, -0.15) is 0 Å². The molecule has 3 N–H and O–H groups in total. The first-order valence-corrected chi connectivity index (χ1v) is 7.17. The minimum atomic E-state index is -0.186. The number of aromatic nitrogens is 2. The van der Waals surface area contributed by atoms with E-state index < -0.39 is 0 Å². The van der Waals surface area contributed by atoms with E-state index in [0.29, 0.717) is 0 Å². The molecule has 0 aliphatic carbocycles. The molecular weight excluding hydrogens is 264 g/mol. The van der Waals surface area contributed by atoms with Crippen LogP contribution in [0.1, 0.15) is 29.9 Å². The Kier molecular flexibility index (Phi) is 5.11. The zero-order chi connectivity index (χ0) is 15.2. The molecule has 0 radical (unpaired) electrons. The maximum absolute atomic E-state index is 9.66. The molecule has 1 unspecified atom stereocenters. The van der Waals surface area contributed by atoms with E-state index >= 15 is 0 Å². The number of aliphatic hydroxyl groups is 1. The summed E-state index contributed by atoms with van der Waals surface area (Å²) in [5.41, 5.74) is 1.98. The number of hydrogen-bond donors (Lipinski definition) is 3. The van der Waals surface area contributed by atoms with Crippen molar-refractivity contribution in [1.82, 2.24) is 9.97 Å². The smallest absolute Gasteiger partial charge is 0.135 e. The van der Waals surface area contributed by atoms with Crippen LogP contribution in [0.15, 0.2) is 30.3 Å². The van der Waals surface area contributed by atoms with E-state index in [1.165, 1.54) is 0 Å². The molecule has 0 aliphatic rings. The Balaban J connectivity index is 2.33. The molecule has 0 amide bonds. The van der Waals surface area contributed by atoms with Crippen molar-refractivity contribution in [3.05, 3.63) is 47.3 Å². The van der Waals surface area contributed by atoms with Crippen LogP contribution in [0.4, 0.5) is 11.6 Å². The molecule has 0 saturated heterocycles. The number of aliphatic hydroxyl groups excluding tert-OH is 1. The van der Waals surface area contributed by atoms with Gasteiger partial charge in [0.15, 0.2) is 0 Å². The zero-order valence-electron chi connectivity index (χ0n) is 12.7. The largest absolute Gasteiger partial charge is 0.394 e. The van der Waals surface area contributed by atoms with Crippen molar-refractivity contribution in [3.8, 4) is 0 Å². The van der Waals surface area contributed by atoms with Crippen LogP contribution in [0.3, 0.4) is 0 Å². The van der Waals surface area contributed by atoms with Gasteiger partial charge >= 0.3 is 0 Å². The van der Waals surface area contributed by atoms with E-state index in [1.54, 1.807) is 0 Å². The summed E-state index contributed by atoms with van der Waals surface area (Å²) in [6, 6.07) is 9.68. The van der Waals surface area contributed by atoms with Crippen LogP contribution in [0, 0.1) is 6.92 Å². The lowest BCUT2D eigenvalue weighted by molar-refractivity contribution is 0.276. The van der Waals surface area contributed by atoms with Crippen LogP contribution in [0.25, 0.3) is 0 Å². The van der Waals surface area contributed by atoms with Crippen molar-refractivity contribution >= 4 is 11.6 Å². The monoisotopic (exact) mass is 286 g/mol. The van der Waals surface area contributed by atoms with Gasteiger partial charge in [-0.25, -0.2) is 9.97 Å². The summed E-state index contributed by atoms with van der Waals surface area (Å²) in [7, 11) is 1.85. The van der Waals surface area contributed by atoms with Gasteiger partial charge in [-0.15, -0.1) is 0 Å². The van der Waals surface area contributed by atoms with E-state index in [9.17, 15) is 5.11 Å². The van der Waals surface area contributed by atoms with E-state index in [4.69, 9.17) is 0 Å². The fraction of sp³-hybridized carbons (Fsp3) is 0.375. The number of aryl methyl sites for hydroxylation is 1. The van der Waals surface area contributed by atoms with Gasteiger partial charge in [0.1, 0.15) is 17.5 Å². The van der Waals surface area contributed by atoms with E-state index in [-0.39, 0.29) is 12.6 Å². The van der Waals surface area contributed by atoms with Crippen molar-refractivity contribution in [2.75, 3.05) is 24.3 Å². The summed E-state index contributed by atoms with van der Waals surface area (Å²) in [5.74, 6) is 2.35. The number of rotatable bonds is 6. The highest BCUT2D eigenvalue weighted by Crippen LogP contribution is 2.24. The molecule has 0 spiro atoms. The molecule has 1 atom stereocenters. The summed E-state index contributed by atoms with van der Waals surface area (Å²) in [5, 5.41) is 16.1. The predicted octanol–water partition coefficient (Wildman–Crippen LogP) is 2.53. The molecule has 2 aromatic rings. The average Bonchev–Trinajstić information content (AvgIpc) is 2.54. The Hall–Kier alpha value is -2.14. The van der Waals surface area contributed by atoms with Crippen LogP contribution < -0.4 is 10.6 Å². The van der Waals surface area contributed by atoms with E-state index in [0.717, 1.165) is 35.0 Å². The van der Waals surface area contributed by atoms with Gasteiger partial charge in [0, 0.05) is 19.0 Å². The van der Waals surface area contributed by atoms with Crippen molar-refractivity contribution in [1.29, 1.82) is 0 Å². The summed E-state index contributed by atoms with van der Waals surface area (Å²) in [6.45, 7) is 3.99. The Bertz CT molecular complexity index is 586. The SMILES string of the molecule is CCc1nc(NC)c(C)c(NC(CO)c2ccccc2)n1. The quantitative estimate of drug-likeness (QED) is 0.761. The number of nitrogens with zero attached hydrogens (tertiary/aromatic N) is 2. The number of hydrogen-bond acceptors (Lipinski definition) is 5. The molecule has 21 heavy (non-hydrogen) atoms. The summed E-state index contributed by atoms with van der Waals surface area (Å²) < 4.78 is 0. The molecule has 5 heteroatoms. The maximum atomic E-state index is 9.66. The lowest BCUT2D eigenvalue weighted by Gasteiger charge is -2.20. The lowest BCUT2D eigenvalue weighted by atomic mass is 10.1. The summed E-state index contributed by atoms with van der Waals surface area (Å²) >= 11 is 0. The molecule has 0 fully saturated rings. The number of anilines is 2. The third-order valence-electron chi connectivity index (χ3n) is 3.44. The highest BCUT2D eigenvalue weighted by atomic mass is 16.3. The maximum Gasteiger partial charge on any atom is 0.135 e. The van der Waals surface area contributed by atoms with Crippen LogP contribution in [-0.2, 0) is 6.42 Å². The summed E-state index contributed by atoms with van der Waals surface area (Å²) in [4.78, 5) is 8.99. The highest BCUT2D eigenvalue weighted by molar-refractivity contribution is 5.57. The fourth-order valence-corrected chi connectivity index (χ4v) is 2.19. The minimum absolute atomic E-state index is 0.00377. The molecule has 0 aliphatic heterocycles. The Morgan fingerprint density at radius 1 is 1.14 bits per heavy atom. The molecule has 0 bridgehead atoms. The van der Waals surface area contributed by atoms with Crippen molar-refractivity contribution in [2.24, 2.45) is 0 Å². The second-order valence-electron chi connectivity index (χ2n) is 4.86. The first-order chi connectivity index (χ1) is 10.2. The summed E-state index contributed by atoms with van der Waals surface area (Å²) in [6.07, 6.45) is 0.763. The minimum Gasteiger partial charge on any atom is -0.394 e. The van der Waals surface area contributed by atoms with Crippen LogP contribution in [0.5, 0.6) is 0 Å². The van der Waals surface area contributed by atoms with Crippen LogP contribution in [0.2, 0.25) is 0 Å².